The van der Waals surface area contributed by atoms with Crippen LogP contribution in [0.1, 0.15) is 5.56 Å². The molecule has 17 heavy (non-hydrogen) atoms. The molecule has 0 aromatic carbocycles. The Balaban J connectivity index is 1.97. The molecule has 7 heteroatoms. The Bertz CT molecular complexity index is 446. The first kappa shape index (κ1) is 10.6. The molecule has 2 N–H and O–H groups in total. The molecular formula is C10H11F3N4. The second-order valence-electron chi connectivity index (χ2n) is 4.15. The Morgan fingerprint density at radius 2 is 2.24 bits per heavy atom. The van der Waals surface area contributed by atoms with Crippen LogP contribution in [0.4, 0.5) is 24.7 Å². The lowest BCUT2D eigenvalue weighted by atomic mass is 10.2. The summed E-state index contributed by atoms with van der Waals surface area (Å²) < 4.78 is 37.6. The average Bonchev–Trinajstić information content (AvgIpc) is 2.65. The van der Waals surface area contributed by atoms with E-state index in [0.717, 1.165) is 25.4 Å². The molecule has 3 rings (SSSR count). The number of halogens is 3. The smallest absolute Gasteiger partial charge is 0.361 e. The standard InChI is InChI=1S/C10H11F3N4/c11-10(12,13)6-3-7-9(15-4-6)17-2-1-14-5-8(17)16-7/h3-4,8,14,16H,1-2,5H2/t8-/m1/s1. The molecule has 0 unspecified atom stereocenters. The third kappa shape index (κ3) is 1.70. The molecular weight excluding hydrogens is 233 g/mol. The van der Waals surface area contributed by atoms with Crippen LogP contribution in [0, 0.1) is 0 Å². The highest BCUT2D eigenvalue weighted by Gasteiger charge is 2.36. The van der Waals surface area contributed by atoms with E-state index in [-0.39, 0.29) is 6.17 Å². The van der Waals surface area contributed by atoms with Gasteiger partial charge in [-0.15, -0.1) is 0 Å². The van der Waals surface area contributed by atoms with Crippen molar-refractivity contribution in [3.8, 4) is 0 Å². The van der Waals surface area contributed by atoms with E-state index in [1.54, 1.807) is 0 Å². The number of piperazine rings is 1. The summed E-state index contributed by atoms with van der Waals surface area (Å²) in [5, 5.41) is 6.23. The van der Waals surface area contributed by atoms with Crippen molar-refractivity contribution in [2.24, 2.45) is 0 Å². The summed E-state index contributed by atoms with van der Waals surface area (Å²) in [6, 6.07) is 1.13. The molecule has 1 aromatic rings. The van der Waals surface area contributed by atoms with Crippen molar-refractivity contribution in [3.63, 3.8) is 0 Å². The van der Waals surface area contributed by atoms with E-state index in [1.165, 1.54) is 0 Å². The highest BCUT2D eigenvalue weighted by molar-refractivity contribution is 5.73. The van der Waals surface area contributed by atoms with Gasteiger partial charge in [-0.2, -0.15) is 13.2 Å². The summed E-state index contributed by atoms with van der Waals surface area (Å²) in [5.41, 5.74) is -0.245. The van der Waals surface area contributed by atoms with E-state index >= 15 is 0 Å². The normalized spacial score (nSPS) is 23.0. The lowest BCUT2D eigenvalue weighted by Crippen LogP contribution is -2.52. The fourth-order valence-electron chi connectivity index (χ4n) is 2.21. The highest BCUT2D eigenvalue weighted by Crippen LogP contribution is 2.37. The van der Waals surface area contributed by atoms with Gasteiger partial charge in [0, 0.05) is 25.8 Å². The van der Waals surface area contributed by atoms with Crippen LogP contribution in [0.2, 0.25) is 0 Å². The molecule has 1 aromatic heterocycles. The van der Waals surface area contributed by atoms with Gasteiger partial charge in [0.25, 0.3) is 0 Å². The first-order valence-electron chi connectivity index (χ1n) is 5.37. The molecule has 92 valence electrons. The zero-order chi connectivity index (χ0) is 12.0. The maximum atomic E-state index is 12.5. The summed E-state index contributed by atoms with van der Waals surface area (Å²) in [4.78, 5) is 5.92. The number of hydrogen-bond donors (Lipinski definition) is 2. The molecule has 1 saturated heterocycles. The van der Waals surface area contributed by atoms with Gasteiger partial charge in [-0.25, -0.2) is 4.98 Å². The van der Waals surface area contributed by atoms with Gasteiger partial charge in [0.1, 0.15) is 6.17 Å². The second-order valence-corrected chi connectivity index (χ2v) is 4.15. The minimum Gasteiger partial charge on any atom is -0.361 e. The van der Waals surface area contributed by atoms with Crippen LogP contribution in [0.5, 0.6) is 0 Å². The largest absolute Gasteiger partial charge is 0.417 e. The number of alkyl halides is 3. The van der Waals surface area contributed by atoms with Crippen molar-refractivity contribution >= 4 is 11.5 Å². The molecule has 3 heterocycles. The van der Waals surface area contributed by atoms with Crippen molar-refractivity contribution in [1.82, 2.24) is 10.3 Å². The number of anilines is 2. The number of pyridine rings is 1. The zero-order valence-electron chi connectivity index (χ0n) is 8.88. The first-order valence-corrected chi connectivity index (χ1v) is 5.37. The Kier molecular flexibility index (Phi) is 2.19. The average molecular weight is 244 g/mol. The molecule has 0 amide bonds. The van der Waals surface area contributed by atoms with E-state index in [2.05, 4.69) is 15.6 Å². The summed E-state index contributed by atoms with van der Waals surface area (Å²) in [7, 11) is 0. The summed E-state index contributed by atoms with van der Waals surface area (Å²) in [5.74, 6) is 0.615. The number of hydrogen-bond acceptors (Lipinski definition) is 4. The van der Waals surface area contributed by atoms with Crippen molar-refractivity contribution in [3.05, 3.63) is 17.8 Å². The molecule has 0 saturated carbocycles. The van der Waals surface area contributed by atoms with E-state index < -0.39 is 11.7 Å². The lowest BCUT2D eigenvalue weighted by Gasteiger charge is -2.30. The van der Waals surface area contributed by atoms with Gasteiger partial charge < -0.3 is 15.5 Å². The van der Waals surface area contributed by atoms with Gasteiger partial charge in [0.2, 0.25) is 0 Å². The van der Waals surface area contributed by atoms with Crippen LogP contribution >= 0.6 is 0 Å². The quantitative estimate of drug-likeness (QED) is 0.721. The lowest BCUT2D eigenvalue weighted by molar-refractivity contribution is -0.137. The predicted octanol–water partition coefficient (Wildman–Crippen LogP) is 1.26. The van der Waals surface area contributed by atoms with Crippen molar-refractivity contribution in [2.45, 2.75) is 12.3 Å². The Morgan fingerprint density at radius 3 is 3.00 bits per heavy atom. The molecule has 2 aliphatic rings. The second kappa shape index (κ2) is 3.49. The van der Waals surface area contributed by atoms with Gasteiger partial charge in [-0.3, -0.25) is 0 Å². The van der Waals surface area contributed by atoms with Gasteiger partial charge in [0.05, 0.1) is 11.3 Å². The fourth-order valence-corrected chi connectivity index (χ4v) is 2.21. The van der Waals surface area contributed by atoms with Crippen LogP contribution in [0.15, 0.2) is 12.3 Å². The molecule has 1 atom stereocenters. The maximum Gasteiger partial charge on any atom is 0.417 e. The first-order chi connectivity index (χ1) is 8.05. The highest BCUT2D eigenvalue weighted by atomic mass is 19.4. The predicted molar refractivity (Wildman–Crippen MR) is 56.9 cm³/mol. The fraction of sp³-hybridized carbons (Fsp3) is 0.500. The Morgan fingerprint density at radius 1 is 1.41 bits per heavy atom. The van der Waals surface area contributed by atoms with Gasteiger partial charge in [-0.1, -0.05) is 0 Å². The molecule has 4 nitrogen and oxygen atoms in total. The van der Waals surface area contributed by atoms with E-state index in [9.17, 15) is 13.2 Å². The summed E-state index contributed by atoms with van der Waals surface area (Å²) in [6.45, 7) is 2.28. The number of nitrogens with one attached hydrogen (secondary N) is 2. The number of fused-ring (bicyclic) bond motifs is 3. The molecule has 0 aliphatic carbocycles. The number of rotatable bonds is 0. The topological polar surface area (TPSA) is 40.2 Å². The Hall–Kier alpha value is -1.50. The van der Waals surface area contributed by atoms with Crippen molar-refractivity contribution < 1.29 is 13.2 Å². The molecule has 0 spiro atoms. The third-order valence-corrected chi connectivity index (χ3v) is 3.03. The SMILES string of the molecule is FC(F)(F)c1cnc2c(c1)N[C@H]1CNCCN21. The van der Waals surface area contributed by atoms with Crippen LogP contribution in [-0.2, 0) is 6.18 Å². The van der Waals surface area contributed by atoms with E-state index in [4.69, 9.17) is 0 Å². The molecule has 2 aliphatic heterocycles. The van der Waals surface area contributed by atoms with E-state index in [1.807, 2.05) is 4.90 Å². The maximum absolute atomic E-state index is 12.5. The number of aromatic nitrogens is 1. The van der Waals surface area contributed by atoms with Crippen molar-refractivity contribution in [1.29, 1.82) is 0 Å². The van der Waals surface area contributed by atoms with Gasteiger partial charge in [-0.05, 0) is 6.07 Å². The van der Waals surface area contributed by atoms with Crippen LogP contribution in [-0.4, -0.2) is 30.8 Å². The zero-order valence-corrected chi connectivity index (χ0v) is 8.88. The van der Waals surface area contributed by atoms with Crippen LogP contribution < -0.4 is 15.5 Å². The van der Waals surface area contributed by atoms with Crippen LogP contribution in [0.3, 0.4) is 0 Å². The number of nitrogens with zero attached hydrogens (tertiary/aromatic N) is 2. The van der Waals surface area contributed by atoms with Gasteiger partial charge >= 0.3 is 6.18 Å². The minimum atomic E-state index is -4.34. The molecule has 1 fully saturated rings. The third-order valence-electron chi connectivity index (χ3n) is 3.03. The molecule has 0 bridgehead atoms. The Labute approximate surface area is 95.8 Å². The molecule has 0 radical (unpaired) electrons. The monoisotopic (exact) mass is 244 g/mol. The van der Waals surface area contributed by atoms with E-state index in [0.29, 0.717) is 18.1 Å². The van der Waals surface area contributed by atoms with Crippen molar-refractivity contribution in [2.75, 3.05) is 29.9 Å². The van der Waals surface area contributed by atoms with Crippen LogP contribution in [0.25, 0.3) is 0 Å². The van der Waals surface area contributed by atoms with Gasteiger partial charge in [0.15, 0.2) is 5.82 Å². The minimum absolute atomic E-state index is 0.00901. The summed E-state index contributed by atoms with van der Waals surface area (Å²) >= 11 is 0. The summed E-state index contributed by atoms with van der Waals surface area (Å²) in [6.07, 6.45) is -3.44.